The van der Waals surface area contributed by atoms with Crippen LogP contribution in [0.1, 0.15) is 36.9 Å². The van der Waals surface area contributed by atoms with Crippen LogP contribution in [0.5, 0.6) is 5.75 Å². The first kappa shape index (κ1) is 14.2. The second-order valence-corrected chi connectivity index (χ2v) is 4.73. The van der Waals surface area contributed by atoms with Crippen molar-refractivity contribution in [3.63, 3.8) is 0 Å². The average molecular weight is 273 g/mol. The number of hydrogen-bond donors (Lipinski definition) is 1. The van der Waals surface area contributed by atoms with Gasteiger partial charge < -0.3 is 10.1 Å². The van der Waals surface area contributed by atoms with Crippen LogP contribution in [0, 0.1) is 0 Å². The lowest BCUT2D eigenvalue weighted by Crippen LogP contribution is -2.26. The van der Waals surface area contributed by atoms with E-state index in [4.69, 9.17) is 4.74 Å². The zero-order valence-electron chi connectivity index (χ0n) is 10.9. The third kappa shape index (κ3) is 3.62. The van der Waals surface area contributed by atoms with Gasteiger partial charge in [-0.05, 0) is 43.0 Å². The quantitative estimate of drug-likeness (QED) is 0.904. The van der Waals surface area contributed by atoms with Gasteiger partial charge in [-0.2, -0.15) is 13.2 Å². The summed E-state index contributed by atoms with van der Waals surface area (Å²) in [6.45, 7) is 1.64. The summed E-state index contributed by atoms with van der Waals surface area (Å²) in [6.07, 6.45) is -1.52. The summed E-state index contributed by atoms with van der Waals surface area (Å²) in [5.74, 6) is 0.373. The van der Waals surface area contributed by atoms with Crippen LogP contribution >= 0.6 is 0 Å². The first-order valence-corrected chi connectivity index (χ1v) is 6.56. The molecule has 1 unspecified atom stereocenters. The largest absolute Gasteiger partial charge is 0.484 e. The second kappa shape index (κ2) is 5.82. The summed E-state index contributed by atoms with van der Waals surface area (Å²) in [5.41, 5.74) is 2.00. The fraction of sp³-hybridized carbons (Fsp3) is 0.571. The third-order valence-electron chi connectivity index (χ3n) is 3.31. The molecule has 0 heterocycles. The highest BCUT2D eigenvalue weighted by Crippen LogP contribution is 2.35. The number of nitrogens with one attached hydrogen (secondary N) is 1. The van der Waals surface area contributed by atoms with Crippen molar-refractivity contribution in [2.45, 2.75) is 38.4 Å². The summed E-state index contributed by atoms with van der Waals surface area (Å²) >= 11 is 0. The number of fused-ring (bicyclic) bond motifs is 1. The Morgan fingerprint density at radius 2 is 2.16 bits per heavy atom. The molecule has 19 heavy (non-hydrogen) atoms. The van der Waals surface area contributed by atoms with Gasteiger partial charge in [0.2, 0.25) is 0 Å². The third-order valence-corrected chi connectivity index (χ3v) is 3.31. The lowest BCUT2D eigenvalue weighted by Gasteiger charge is -2.27. The van der Waals surface area contributed by atoms with Gasteiger partial charge in [-0.25, -0.2) is 0 Å². The Labute approximate surface area is 111 Å². The van der Waals surface area contributed by atoms with E-state index in [0.29, 0.717) is 5.75 Å². The van der Waals surface area contributed by atoms with Crippen LogP contribution in [-0.2, 0) is 6.42 Å². The predicted molar refractivity (Wildman–Crippen MR) is 67.3 cm³/mol. The summed E-state index contributed by atoms with van der Waals surface area (Å²) in [6, 6.07) is 5.59. The minimum absolute atomic E-state index is 0.225. The molecule has 0 saturated heterocycles. The Bertz CT molecular complexity index is 431. The van der Waals surface area contributed by atoms with E-state index in [2.05, 4.69) is 5.32 Å². The van der Waals surface area contributed by atoms with Gasteiger partial charge in [0.1, 0.15) is 5.75 Å². The van der Waals surface area contributed by atoms with Crippen LogP contribution < -0.4 is 10.1 Å². The van der Waals surface area contributed by atoms with E-state index in [0.717, 1.165) is 36.9 Å². The van der Waals surface area contributed by atoms with Crippen molar-refractivity contribution in [2.75, 3.05) is 13.2 Å². The summed E-state index contributed by atoms with van der Waals surface area (Å²) in [5, 5.41) is 3.36. The van der Waals surface area contributed by atoms with Gasteiger partial charge in [0.15, 0.2) is 6.61 Å². The maximum absolute atomic E-state index is 12.2. The van der Waals surface area contributed by atoms with E-state index >= 15 is 0 Å². The van der Waals surface area contributed by atoms with Crippen LogP contribution in [0.15, 0.2) is 18.2 Å². The van der Waals surface area contributed by atoms with Crippen molar-refractivity contribution < 1.29 is 17.9 Å². The molecule has 0 saturated carbocycles. The van der Waals surface area contributed by atoms with E-state index in [1.54, 1.807) is 12.1 Å². The van der Waals surface area contributed by atoms with Crippen molar-refractivity contribution in [3.05, 3.63) is 29.3 Å². The van der Waals surface area contributed by atoms with E-state index in [9.17, 15) is 13.2 Å². The number of alkyl halides is 3. The Morgan fingerprint density at radius 3 is 2.84 bits per heavy atom. The van der Waals surface area contributed by atoms with Crippen molar-refractivity contribution in [2.24, 2.45) is 0 Å². The Hall–Kier alpha value is -1.23. The molecule has 5 heteroatoms. The molecule has 1 atom stereocenters. The molecule has 0 spiro atoms. The molecule has 0 fully saturated rings. The lowest BCUT2D eigenvalue weighted by atomic mass is 9.87. The van der Waals surface area contributed by atoms with E-state index < -0.39 is 12.8 Å². The summed E-state index contributed by atoms with van der Waals surface area (Å²) < 4.78 is 41.6. The smallest absolute Gasteiger partial charge is 0.422 e. The molecule has 1 aromatic rings. The van der Waals surface area contributed by atoms with Crippen molar-refractivity contribution in [3.8, 4) is 5.75 Å². The molecule has 0 radical (unpaired) electrons. The molecule has 1 aliphatic rings. The Morgan fingerprint density at radius 1 is 1.37 bits per heavy atom. The molecule has 0 amide bonds. The molecule has 106 valence electrons. The van der Waals surface area contributed by atoms with E-state index in [1.807, 2.05) is 13.0 Å². The molecule has 0 aliphatic heterocycles. The van der Waals surface area contributed by atoms with Gasteiger partial charge in [-0.3, -0.25) is 0 Å². The first-order valence-electron chi connectivity index (χ1n) is 6.56. The van der Waals surface area contributed by atoms with Crippen LogP contribution in [0.4, 0.5) is 13.2 Å². The van der Waals surface area contributed by atoms with Gasteiger partial charge in [-0.15, -0.1) is 0 Å². The number of ether oxygens (including phenoxy) is 1. The molecule has 0 aromatic heterocycles. The molecular formula is C14H18F3NO. The first-order chi connectivity index (χ1) is 9.01. The monoisotopic (exact) mass is 273 g/mol. The zero-order valence-corrected chi connectivity index (χ0v) is 10.9. The summed E-state index contributed by atoms with van der Waals surface area (Å²) in [7, 11) is 0. The number of halogens is 3. The van der Waals surface area contributed by atoms with E-state index in [1.165, 1.54) is 0 Å². The fourth-order valence-electron chi connectivity index (χ4n) is 2.57. The van der Waals surface area contributed by atoms with Crippen molar-refractivity contribution in [1.82, 2.24) is 5.32 Å². The van der Waals surface area contributed by atoms with Gasteiger partial charge in [0.05, 0.1) is 0 Å². The van der Waals surface area contributed by atoms with Crippen LogP contribution in [-0.4, -0.2) is 19.3 Å². The predicted octanol–water partition coefficient (Wildman–Crippen LogP) is 3.61. The molecule has 1 aliphatic carbocycles. The molecule has 2 rings (SSSR count). The maximum Gasteiger partial charge on any atom is 0.422 e. The van der Waals surface area contributed by atoms with Crippen molar-refractivity contribution in [1.29, 1.82) is 0 Å². The molecule has 1 aromatic carbocycles. The number of benzene rings is 1. The van der Waals surface area contributed by atoms with Gasteiger partial charge >= 0.3 is 6.18 Å². The highest BCUT2D eigenvalue weighted by atomic mass is 19.4. The maximum atomic E-state index is 12.2. The molecule has 0 bridgehead atoms. The standard InChI is InChI=1S/C14H18F3NO/c1-2-18-12-7-3-6-11-10(12)5-4-8-13(11)19-9-14(15,16)17/h4-5,8,12,18H,2-3,6-7,9H2,1H3. The number of rotatable bonds is 4. The van der Waals surface area contributed by atoms with Gasteiger partial charge in [-0.1, -0.05) is 19.1 Å². The highest BCUT2D eigenvalue weighted by molar-refractivity contribution is 5.43. The minimum Gasteiger partial charge on any atom is -0.484 e. The topological polar surface area (TPSA) is 21.3 Å². The lowest BCUT2D eigenvalue weighted by molar-refractivity contribution is -0.153. The summed E-state index contributed by atoms with van der Waals surface area (Å²) in [4.78, 5) is 0. The fourth-order valence-corrected chi connectivity index (χ4v) is 2.57. The number of hydrogen-bond acceptors (Lipinski definition) is 2. The van der Waals surface area contributed by atoms with Crippen LogP contribution in [0.3, 0.4) is 0 Å². The Kier molecular flexibility index (Phi) is 4.34. The molecular weight excluding hydrogens is 255 g/mol. The molecule has 2 nitrogen and oxygen atoms in total. The van der Waals surface area contributed by atoms with Crippen molar-refractivity contribution >= 4 is 0 Å². The van der Waals surface area contributed by atoms with Gasteiger partial charge in [0.25, 0.3) is 0 Å². The zero-order chi connectivity index (χ0) is 13.9. The van der Waals surface area contributed by atoms with Crippen LogP contribution in [0.2, 0.25) is 0 Å². The Balaban J connectivity index is 2.20. The normalized spacial score (nSPS) is 19.1. The van der Waals surface area contributed by atoms with E-state index in [-0.39, 0.29) is 6.04 Å². The highest BCUT2D eigenvalue weighted by Gasteiger charge is 2.29. The van der Waals surface area contributed by atoms with Gasteiger partial charge in [0, 0.05) is 6.04 Å². The molecule has 1 N–H and O–H groups in total. The average Bonchev–Trinajstić information content (AvgIpc) is 2.36. The second-order valence-electron chi connectivity index (χ2n) is 4.73. The van der Waals surface area contributed by atoms with Crippen LogP contribution in [0.25, 0.3) is 0 Å². The SMILES string of the molecule is CCNC1CCCc2c(OCC(F)(F)F)cccc21. The minimum atomic E-state index is -4.29.